The van der Waals surface area contributed by atoms with Gasteiger partial charge < -0.3 is 15.2 Å². The number of carbonyl (C=O) groups excluding carboxylic acids is 1. The first-order valence-corrected chi connectivity index (χ1v) is 6.28. The Morgan fingerprint density at radius 3 is 2.88 bits per heavy atom. The highest BCUT2D eigenvalue weighted by Gasteiger charge is 2.30. The van der Waals surface area contributed by atoms with Crippen molar-refractivity contribution in [1.82, 2.24) is 9.47 Å². The molecule has 1 aromatic rings. The summed E-state index contributed by atoms with van der Waals surface area (Å²) in [4.78, 5) is 14.1. The summed E-state index contributed by atoms with van der Waals surface area (Å²) in [7, 11) is 0. The Hall–Kier alpha value is -1.29. The SMILES string of the molecule is CC[C@@H](N)C(=O)N1CCn2c(C)ccc2C1C. The average molecular weight is 235 g/mol. The molecule has 0 saturated carbocycles. The molecule has 17 heavy (non-hydrogen) atoms. The lowest BCUT2D eigenvalue weighted by atomic mass is 10.1. The lowest BCUT2D eigenvalue weighted by Crippen LogP contribution is -2.48. The van der Waals surface area contributed by atoms with Gasteiger partial charge >= 0.3 is 0 Å². The number of aryl methyl sites for hydroxylation is 1. The smallest absolute Gasteiger partial charge is 0.240 e. The van der Waals surface area contributed by atoms with Crippen molar-refractivity contribution in [2.24, 2.45) is 5.73 Å². The van der Waals surface area contributed by atoms with Gasteiger partial charge in [-0.2, -0.15) is 0 Å². The third-order valence-corrected chi connectivity index (χ3v) is 3.73. The molecule has 0 saturated heterocycles. The molecule has 1 aromatic heterocycles. The summed E-state index contributed by atoms with van der Waals surface area (Å²) < 4.78 is 2.28. The van der Waals surface area contributed by atoms with Gasteiger partial charge in [-0.25, -0.2) is 0 Å². The van der Waals surface area contributed by atoms with E-state index >= 15 is 0 Å². The van der Waals surface area contributed by atoms with Crippen LogP contribution in [0.2, 0.25) is 0 Å². The Kier molecular flexibility index (Phi) is 3.24. The molecule has 2 atom stereocenters. The summed E-state index contributed by atoms with van der Waals surface area (Å²) in [5.41, 5.74) is 8.31. The van der Waals surface area contributed by atoms with Crippen molar-refractivity contribution in [2.75, 3.05) is 6.54 Å². The van der Waals surface area contributed by atoms with Crippen molar-refractivity contribution < 1.29 is 4.79 Å². The van der Waals surface area contributed by atoms with Gasteiger partial charge in [0.2, 0.25) is 5.91 Å². The second-order valence-electron chi connectivity index (χ2n) is 4.77. The Labute approximate surface area is 102 Å². The highest BCUT2D eigenvalue weighted by molar-refractivity contribution is 5.82. The van der Waals surface area contributed by atoms with Gasteiger partial charge in [0.1, 0.15) is 0 Å². The fraction of sp³-hybridized carbons (Fsp3) is 0.615. The molecule has 1 aliphatic rings. The second kappa shape index (κ2) is 4.53. The molecule has 1 amide bonds. The maximum Gasteiger partial charge on any atom is 0.240 e. The van der Waals surface area contributed by atoms with E-state index in [0.717, 1.165) is 13.1 Å². The molecule has 1 aliphatic heterocycles. The molecule has 0 aromatic carbocycles. The van der Waals surface area contributed by atoms with Crippen molar-refractivity contribution in [2.45, 2.75) is 45.8 Å². The van der Waals surface area contributed by atoms with Gasteiger partial charge in [-0.15, -0.1) is 0 Å². The third kappa shape index (κ3) is 1.97. The molecule has 2 N–H and O–H groups in total. The number of nitrogens with zero attached hydrogens (tertiary/aromatic N) is 2. The van der Waals surface area contributed by atoms with E-state index in [1.807, 2.05) is 11.8 Å². The first-order chi connectivity index (χ1) is 8.06. The molecule has 0 fully saturated rings. The molecular formula is C13H21N3O. The lowest BCUT2D eigenvalue weighted by Gasteiger charge is -2.36. The van der Waals surface area contributed by atoms with E-state index in [1.165, 1.54) is 11.4 Å². The topological polar surface area (TPSA) is 51.3 Å². The van der Waals surface area contributed by atoms with Crippen LogP contribution in [0.25, 0.3) is 0 Å². The second-order valence-corrected chi connectivity index (χ2v) is 4.77. The molecule has 4 heteroatoms. The zero-order valence-electron chi connectivity index (χ0n) is 10.8. The van der Waals surface area contributed by atoms with Gasteiger partial charge in [-0.05, 0) is 32.4 Å². The van der Waals surface area contributed by atoms with E-state index in [1.54, 1.807) is 0 Å². The maximum absolute atomic E-state index is 12.1. The van der Waals surface area contributed by atoms with Crippen LogP contribution in [0.15, 0.2) is 12.1 Å². The molecule has 0 spiro atoms. The van der Waals surface area contributed by atoms with Gasteiger partial charge in [0.25, 0.3) is 0 Å². The minimum Gasteiger partial charge on any atom is -0.345 e. The van der Waals surface area contributed by atoms with Gasteiger partial charge in [-0.3, -0.25) is 4.79 Å². The van der Waals surface area contributed by atoms with Gasteiger partial charge in [-0.1, -0.05) is 6.92 Å². The maximum atomic E-state index is 12.1. The predicted octanol–water partition coefficient (Wildman–Crippen LogP) is 1.44. The minimum absolute atomic E-state index is 0.0742. The molecule has 2 heterocycles. The standard InChI is InChI=1S/C13H21N3O/c1-4-11(14)13(17)16-8-7-15-9(2)5-6-12(15)10(16)3/h5-6,10-11H,4,7-8,14H2,1-3H3/t10?,11-/m1/s1. The molecule has 2 rings (SSSR count). The van der Waals surface area contributed by atoms with E-state index in [9.17, 15) is 4.79 Å². The number of amides is 1. The number of hydrogen-bond acceptors (Lipinski definition) is 2. The summed E-state index contributed by atoms with van der Waals surface area (Å²) in [5, 5.41) is 0. The van der Waals surface area contributed by atoms with Crippen molar-refractivity contribution in [1.29, 1.82) is 0 Å². The highest BCUT2D eigenvalue weighted by Crippen LogP contribution is 2.27. The zero-order valence-corrected chi connectivity index (χ0v) is 10.8. The molecule has 0 radical (unpaired) electrons. The number of aromatic nitrogens is 1. The van der Waals surface area contributed by atoms with Crippen molar-refractivity contribution >= 4 is 5.91 Å². The van der Waals surface area contributed by atoms with Crippen LogP contribution in [-0.2, 0) is 11.3 Å². The summed E-state index contributed by atoms with van der Waals surface area (Å²) in [6, 6.07) is 3.99. The fourth-order valence-electron chi connectivity index (χ4n) is 2.51. The van der Waals surface area contributed by atoms with Crippen LogP contribution in [0.4, 0.5) is 0 Å². The minimum atomic E-state index is -0.361. The van der Waals surface area contributed by atoms with Crippen LogP contribution >= 0.6 is 0 Å². The monoisotopic (exact) mass is 235 g/mol. The summed E-state index contributed by atoms with van der Waals surface area (Å²) in [6.45, 7) is 7.76. The zero-order chi connectivity index (χ0) is 12.6. The van der Waals surface area contributed by atoms with E-state index in [4.69, 9.17) is 5.73 Å². The van der Waals surface area contributed by atoms with Crippen LogP contribution in [0.3, 0.4) is 0 Å². The van der Waals surface area contributed by atoms with Crippen molar-refractivity contribution in [3.05, 3.63) is 23.5 Å². The van der Waals surface area contributed by atoms with Gasteiger partial charge in [0, 0.05) is 24.5 Å². The highest BCUT2D eigenvalue weighted by atomic mass is 16.2. The first kappa shape index (κ1) is 12.2. The third-order valence-electron chi connectivity index (χ3n) is 3.73. The Morgan fingerprint density at radius 2 is 2.24 bits per heavy atom. The first-order valence-electron chi connectivity index (χ1n) is 6.28. The normalized spacial score (nSPS) is 21.2. The Bertz CT molecular complexity index is 424. The number of carbonyl (C=O) groups is 1. The summed E-state index contributed by atoms with van der Waals surface area (Å²) in [5.74, 6) is 0.0742. The molecule has 4 nitrogen and oxygen atoms in total. The van der Waals surface area contributed by atoms with E-state index in [-0.39, 0.29) is 18.0 Å². The average Bonchev–Trinajstić information content (AvgIpc) is 2.71. The van der Waals surface area contributed by atoms with Gasteiger partial charge in [0.15, 0.2) is 0 Å². The number of nitrogens with two attached hydrogens (primary N) is 1. The van der Waals surface area contributed by atoms with Crippen LogP contribution in [0.1, 0.15) is 37.7 Å². The van der Waals surface area contributed by atoms with Crippen molar-refractivity contribution in [3.8, 4) is 0 Å². The fourth-order valence-corrected chi connectivity index (χ4v) is 2.51. The van der Waals surface area contributed by atoms with E-state index < -0.39 is 0 Å². The quantitative estimate of drug-likeness (QED) is 0.843. The van der Waals surface area contributed by atoms with Gasteiger partial charge in [0.05, 0.1) is 12.1 Å². The van der Waals surface area contributed by atoms with Crippen LogP contribution in [-0.4, -0.2) is 28.0 Å². The lowest BCUT2D eigenvalue weighted by molar-refractivity contribution is -0.135. The largest absolute Gasteiger partial charge is 0.345 e. The van der Waals surface area contributed by atoms with E-state index in [0.29, 0.717) is 6.42 Å². The van der Waals surface area contributed by atoms with Crippen LogP contribution < -0.4 is 5.73 Å². The van der Waals surface area contributed by atoms with Crippen molar-refractivity contribution in [3.63, 3.8) is 0 Å². The Morgan fingerprint density at radius 1 is 1.53 bits per heavy atom. The molecule has 1 unspecified atom stereocenters. The summed E-state index contributed by atoms with van der Waals surface area (Å²) >= 11 is 0. The summed E-state index contributed by atoms with van der Waals surface area (Å²) in [6.07, 6.45) is 0.697. The number of fused-ring (bicyclic) bond motifs is 1. The molecule has 94 valence electrons. The molecular weight excluding hydrogens is 214 g/mol. The number of rotatable bonds is 2. The van der Waals surface area contributed by atoms with E-state index in [2.05, 4.69) is 30.5 Å². The van der Waals surface area contributed by atoms with Crippen LogP contribution in [0.5, 0.6) is 0 Å². The number of hydrogen-bond donors (Lipinski definition) is 1. The molecule has 0 bridgehead atoms. The van der Waals surface area contributed by atoms with Crippen LogP contribution in [0, 0.1) is 6.92 Å². The predicted molar refractivity (Wildman–Crippen MR) is 67.6 cm³/mol. The molecule has 0 aliphatic carbocycles. The Balaban J connectivity index is 2.23.